The van der Waals surface area contributed by atoms with Crippen molar-refractivity contribution in [1.29, 1.82) is 0 Å². The van der Waals surface area contributed by atoms with Crippen molar-refractivity contribution in [2.24, 2.45) is 0 Å². The third-order valence-corrected chi connectivity index (χ3v) is 2.99. The lowest BCUT2D eigenvalue weighted by Crippen LogP contribution is -2.40. The SMILES string of the molecule is CCOC(=O)CNC(=O)NCCOC1CCCCC1. The summed E-state index contributed by atoms with van der Waals surface area (Å²) in [4.78, 5) is 22.3. The number of esters is 1. The highest BCUT2D eigenvalue weighted by molar-refractivity contribution is 5.80. The highest BCUT2D eigenvalue weighted by atomic mass is 16.5. The van der Waals surface area contributed by atoms with E-state index in [2.05, 4.69) is 10.6 Å². The molecular weight excluding hydrogens is 248 g/mol. The lowest BCUT2D eigenvalue weighted by atomic mass is 9.98. The van der Waals surface area contributed by atoms with Gasteiger partial charge in [-0.1, -0.05) is 19.3 Å². The van der Waals surface area contributed by atoms with E-state index < -0.39 is 5.97 Å². The molecule has 0 heterocycles. The summed E-state index contributed by atoms with van der Waals surface area (Å²) in [6.07, 6.45) is 6.35. The Balaban J connectivity index is 1.96. The van der Waals surface area contributed by atoms with E-state index in [1.54, 1.807) is 6.92 Å². The van der Waals surface area contributed by atoms with Gasteiger partial charge in [-0.3, -0.25) is 4.79 Å². The molecule has 19 heavy (non-hydrogen) atoms. The Bertz CT molecular complexity index is 278. The van der Waals surface area contributed by atoms with Crippen molar-refractivity contribution >= 4 is 12.0 Å². The fourth-order valence-electron chi connectivity index (χ4n) is 2.05. The fraction of sp³-hybridized carbons (Fsp3) is 0.846. The van der Waals surface area contributed by atoms with Gasteiger partial charge in [-0.15, -0.1) is 0 Å². The minimum absolute atomic E-state index is 0.108. The van der Waals surface area contributed by atoms with Crippen LogP contribution in [0, 0.1) is 0 Å². The Hall–Kier alpha value is -1.30. The lowest BCUT2D eigenvalue weighted by molar-refractivity contribution is -0.141. The van der Waals surface area contributed by atoms with Gasteiger partial charge in [0.05, 0.1) is 19.3 Å². The molecule has 0 aromatic carbocycles. The molecule has 2 N–H and O–H groups in total. The molecule has 0 aromatic rings. The monoisotopic (exact) mass is 272 g/mol. The maximum absolute atomic E-state index is 11.3. The lowest BCUT2D eigenvalue weighted by Gasteiger charge is -2.21. The van der Waals surface area contributed by atoms with E-state index in [-0.39, 0.29) is 12.6 Å². The van der Waals surface area contributed by atoms with Gasteiger partial charge in [0, 0.05) is 6.54 Å². The number of hydrogen-bond acceptors (Lipinski definition) is 4. The second kappa shape index (κ2) is 9.61. The van der Waals surface area contributed by atoms with Crippen LogP contribution in [0.25, 0.3) is 0 Å². The molecule has 1 rings (SSSR count). The van der Waals surface area contributed by atoms with E-state index in [1.165, 1.54) is 19.3 Å². The van der Waals surface area contributed by atoms with Gasteiger partial charge in [-0.25, -0.2) is 4.79 Å². The predicted octanol–water partition coefficient (Wildman–Crippen LogP) is 1.20. The predicted molar refractivity (Wildman–Crippen MR) is 70.9 cm³/mol. The summed E-state index contributed by atoms with van der Waals surface area (Å²) in [5.41, 5.74) is 0. The maximum Gasteiger partial charge on any atom is 0.325 e. The molecule has 0 radical (unpaired) electrons. The number of rotatable bonds is 7. The molecule has 0 bridgehead atoms. The summed E-state index contributed by atoms with van der Waals surface area (Å²) in [5.74, 6) is -0.434. The van der Waals surface area contributed by atoms with Crippen molar-refractivity contribution in [3.63, 3.8) is 0 Å². The van der Waals surface area contributed by atoms with Crippen LogP contribution in [0.5, 0.6) is 0 Å². The van der Waals surface area contributed by atoms with Crippen LogP contribution in [-0.4, -0.2) is 44.4 Å². The minimum atomic E-state index is -0.434. The molecule has 0 aromatic heterocycles. The molecule has 6 nitrogen and oxygen atoms in total. The molecule has 1 saturated carbocycles. The second-order valence-corrected chi connectivity index (χ2v) is 4.55. The summed E-state index contributed by atoms with van der Waals surface area (Å²) in [6.45, 7) is 2.89. The Morgan fingerprint density at radius 1 is 1.16 bits per heavy atom. The quantitative estimate of drug-likeness (QED) is 0.539. The third-order valence-electron chi connectivity index (χ3n) is 2.99. The van der Waals surface area contributed by atoms with Crippen LogP contribution in [0.2, 0.25) is 0 Å². The molecule has 110 valence electrons. The van der Waals surface area contributed by atoms with Crippen LogP contribution in [0.4, 0.5) is 4.79 Å². The minimum Gasteiger partial charge on any atom is -0.465 e. The van der Waals surface area contributed by atoms with E-state index in [9.17, 15) is 9.59 Å². The molecule has 0 saturated heterocycles. The van der Waals surface area contributed by atoms with Gasteiger partial charge in [-0.05, 0) is 19.8 Å². The number of hydrogen-bond donors (Lipinski definition) is 2. The number of urea groups is 1. The summed E-state index contributed by atoms with van der Waals surface area (Å²) in [6, 6.07) is -0.375. The summed E-state index contributed by atoms with van der Waals surface area (Å²) in [7, 11) is 0. The number of carbonyl (C=O) groups excluding carboxylic acids is 2. The van der Waals surface area contributed by atoms with Crippen molar-refractivity contribution < 1.29 is 19.1 Å². The molecule has 6 heteroatoms. The van der Waals surface area contributed by atoms with Crippen LogP contribution in [-0.2, 0) is 14.3 Å². The Kier molecular flexibility index (Phi) is 7.97. The number of nitrogens with one attached hydrogen (secondary N) is 2. The molecule has 1 aliphatic carbocycles. The highest BCUT2D eigenvalue weighted by Gasteiger charge is 2.13. The van der Waals surface area contributed by atoms with Gasteiger partial charge in [-0.2, -0.15) is 0 Å². The molecule has 1 fully saturated rings. The maximum atomic E-state index is 11.3. The van der Waals surface area contributed by atoms with Crippen molar-refractivity contribution in [2.45, 2.75) is 45.1 Å². The summed E-state index contributed by atoms with van der Waals surface area (Å²) in [5, 5.41) is 5.06. The first-order valence-corrected chi connectivity index (χ1v) is 7.01. The number of carbonyl (C=O) groups is 2. The number of amides is 2. The zero-order valence-electron chi connectivity index (χ0n) is 11.6. The van der Waals surface area contributed by atoms with Gasteiger partial charge >= 0.3 is 12.0 Å². The zero-order chi connectivity index (χ0) is 13.9. The van der Waals surface area contributed by atoms with Gasteiger partial charge in [0.2, 0.25) is 0 Å². The number of ether oxygens (including phenoxy) is 2. The Labute approximate surface area is 114 Å². The molecule has 0 spiro atoms. The first kappa shape index (κ1) is 15.8. The largest absolute Gasteiger partial charge is 0.465 e. The van der Waals surface area contributed by atoms with Crippen molar-refractivity contribution in [3.05, 3.63) is 0 Å². The van der Waals surface area contributed by atoms with Gasteiger partial charge in [0.15, 0.2) is 0 Å². The van der Waals surface area contributed by atoms with Crippen molar-refractivity contribution in [2.75, 3.05) is 26.3 Å². The van der Waals surface area contributed by atoms with Gasteiger partial charge < -0.3 is 20.1 Å². The first-order valence-electron chi connectivity index (χ1n) is 7.01. The Morgan fingerprint density at radius 2 is 1.89 bits per heavy atom. The zero-order valence-corrected chi connectivity index (χ0v) is 11.6. The summed E-state index contributed by atoms with van der Waals surface area (Å²) < 4.78 is 10.4. The average Bonchev–Trinajstić information content (AvgIpc) is 2.43. The Morgan fingerprint density at radius 3 is 2.58 bits per heavy atom. The summed E-state index contributed by atoms with van der Waals surface area (Å²) >= 11 is 0. The van der Waals surface area contributed by atoms with E-state index in [4.69, 9.17) is 9.47 Å². The van der Waals surface area contributed by atoms with Gasteiger partial charge in [0.25, 0.3) is 0 Å². The van der Waals surface area contributed by atoms with E-state index in [0.717, 1.165) is 12.8 Å². The van der Waals surface area contributed by atoms with Crippen LogP contribution in [0.3, 0.4) is 0 Å². The van der Waals surface area contributed by atoms with Crippen LogP contribution < -0.4 is 10.6 Å². The van der Waals surface area contributed by atoms with E-state index >= 15 is 0 Å². The standard InChI is InChI=1S/C13H24N2O4/c1-2-18-12(16)10-15-13(17)14-8-9-19-11-6-4-3-5-7-11/h11H,2-10H2,1H3,(H2,14,15,17). The highest BCUT2D eigenvalue weighted by Crippen LogP contribution is 2.19. The van der Waals surface area contributed by atoms with E-state index in [1.807, 2.05) is 0 Å². The normalized spacial score (nSPS) is 15.8. The fourth-order valence-corrected chi connectivity index (χ4v) is 2.05. The molecular formula is C13H24N2O4. The van der Waals surface area contributed by atoms with Crippen LogP contribution in [0.15, 0.2) is 0 Å². The average molecular weight is 272 g/mol. The third kappa shape index (κ3) is 7.66. The smallest absolute Gasteiger partial charge is 0.325 e. The molecule has 0 atom stereocenters. The van der Waals surface area contributed by atoms with Crippen molar-refractivity contribution in [1.82, 2.24) is 10.6 Å². The van der Waals surface area contributed by atoms with Gasteiger partial charge in [0.1, 0.15) is 6.54 Å². The van der Waals surface area contributed by atoms with Crippen LogP contribution in [0.1, 0.15) is 39.0 Å². The molecule has 1 aliphatic rings. The second-order valence-electron chi connectivity index (χ2n) is 4.55. The molecule has 0 unspecified atom stereocenters. The van der Waals surface area contributed by atoms with Crippen LogP contribution >= 0.6 is 0 Å². The molecule has 0 aliphatic heterocycles. The van der Waals surface area contributed by atoms with E-state index in [0.29, 0.717) is 25.9 Å². The van der Waals surface area contributed by atoms with Crippen molar-refractivity contribution in [3.8, 4) is 0 Å². The first-order chi connectivity index (χ1) is 9.22. The molecule has 2 amide bonds. The topological polar surface area (TPSA) is 76.7 Å².